The van der Waals surface area contributed by atoms with E-state index in [4.69, 9.17) is 23.2 Å². The molecular weight excluding hydrogens is 495 g/mol. The molecule has 36 heavy (non-hydrogen) atoms. The van der Waals surface area contributed by atoms with E-state index in [0.717, 1.165) is 22.2 Å². The van der Waals surface area contributed by atoms with Crippen molar-refractivity contribution >= 4 is 57.4 Å². The Hall–Kier alpha value is -4.13. The molecule has 1 aromatic heterocycles. The van der Waals surface area contributed by atoms with Gasteiger partial charge in [-0.2, -0.15) is 0 Å². The number of rotatable bonds is 5. The van der Waals surface area contributed by atoms with Crippen molar-refractivity contribution in [2.24, 2.45) is 0 Å². The highest BCUT2D eigenvalue weighted by molar-refractivity contribution is 6.34. The molecule has 1 heterocycles. The molecule has 5 aromatic rings. The van der Waals surface area contributed by atoms with Gasteiger partial charge in [0.05, 0.1) is 21.6 Å². The summed E-state index contributed by atoms with van der Waals surface area (Å²) in [5.41, 5.74) is 5.61. The molecule has 0 aliphatic carbocycles. The first-order chi connectivity index (χ1) is 17.4. The summed E-state index contributed by atoms with van der Waals surface area (Å²) < 4.78 is 0. The number of nitrogens with one attached hydrogen (secondary N) is 3. The molecule has 8 heteroatoms. The molecule has 2 amide bonds. The molecule has 0 unspecified atom stereocenters. The van der Waals surface area contributed by atoms with Gasteiger partial charge in [-0.05, 0) is 91.3 Å². The Bertz CT molecular complexity index is 1590. The number of hydrogen-bond donors (Lipinski definition) is 3. The number of benzene rings is 4. The van der Waals surface area contributed by atoms with Crippen molar-refractivity contribution in [1.82, 2.24) is 9.97 Å². The van der Waals surface area contributed by atoms with Gasteiger partial charge in [0.15, 0.2) is 0 Å². The van der Waals surface area contributed by atoms with Gasteiger partial charge in [0.2, 0.25) is 0 Å². The first kappa shape index (κ1) is 23.6. The molecule has 3 N–H and O–H groups in total. The Morgan fingerprint density at radius 3 is 2.19 bits per heavy atom. The van der Waals surface area contributed by atoms with Gasteiger partial charge in [0.1, 0.15) is 5.82 Å². The standard InChI is InChI=1S/C28H20Cl2N4O2/c1-16-2-12-22(23(30)14-16)28(36)31-20-9-5-17(6-10-20)26-33-24-13-11-21(15-25(24)34-26)32-27(35)18-3-7-19(29)8-4-18/h2-15H,1H3,(H,31,36)(H,32,35)(H,33,34). The van der Waals surface area contributed by atoms with Crippen LogP contribution in [0.25, 0.3) is 22.4 Å². The Labute approximate surface area is 217 Å². The maximum Gasteiger partial charge on any atom is 0.257 e. The second-order valence-electron chi connectivity index (χ2n) is 8.29. The minimum Gasteiger partial charge on any atom is -0.338 e. The Morgan fingerprint density at radius 1 is 0.778 bits per heavy atom. The number of imidazole rings is 1. The van der Waals surface area contributed by atoms with Crippen LogP contribution >= 0.6 is 23.2 Å². The van der Waals surface area contributed by atoms with E-state index in [1.165, 1.54) is 0 Å². The number of carbonyl (C=O) groups excluding carboxylic acids is 2. The summed E-state index contributed by atoms with van der Waals surface area (Å²) in [6.45, 7) is 1.92. The fourth-order valence-corrected chi connectivity index (χ4v) is 4.19. The number of aromatic amines is 1. The summed E-state index contributed by atoms with van der Waals surface area (Å²) in [4.78, 5) is 33.0. The van der Waals surface area contributed by atoms with Crippen LogP contribution in [0.5, 0.6) is 0 Å². The van der Waals surface area contributed by atoms with Crippen molar-refractivity contribution in [2.45, 2.75) is 6.92 Å². The average molecular weight is 515 g/mol. The number of aromatic nitrogens is 2. The van der Waals surface area contributed by atoms with Gasteiger partial charge in [-0.15, -0.1) is 0 Å². The van der Waals surface area contributed by atoms with Crippen LogP contribution in [0.3, 0.4) is 0 Å². The Kier molecular flexibility index (Phi) is 6.46. The van der Waals surface area contributed by atoms with Gasteiger partial charge in [0.25, 0.3) is 11.8 Å². The summed E-state index contributed by atoms with van der Waals surface area (Å²) in [7, 11) is 0. The van der Waals surface area contributed by atoms with Crippen LogP contribution in [0, 0.1) is 6.92 Å². The fraction of sp³-hybridized carbons (Fsp3) is 0.0357. The van der Waals surface area contributed by atoms with Gasteiger partial charge in [-0.25, -0.2) is 4.98 Å². The topological polar surface area (TPSA) is 86.9 Å². The van der Waals surface area contributed by atoms with Crippen molar-refractivity contribution in [3.8, 4) is 11.4 Å². The first-order valence-electron chi connectivity index (χ1n) is 11.1. The van der Waals surface area contributed by atoms with Crippen LogP contribution in [0.2, 0.25) is 10.0 Å². The Morgan fingerprint density at radius 2 is 1.47 bits per heavy atom. The molecule has 0 spiro atoms. The molecule has 6 nitrogen and oxygen atoms in total. The van der Waals surface area contributed by atoms with Gasteiger partial charge >= 0.3 is 0 Å². The highest BCUT2D eigenvalue weighted by Crippen LogP contribution is 2.25. The highest BCUT2D eigenvalue weighted by atomic mass is 35.5. The quantitative estimate of drug-likeness (QED) is 0.229. The number of fused-ring (bicyclic) bond motifs is 1. The summed E-state index contributed by atoms with van der Waals surface area (Å²) in [5.74, 6) is 0.172. The number of halogens is 2. The van der Waals surface area contributed by atoms with E-state index >= 15 is 0 Å². The third kappa shape index (κ3) is 5.10. The predicted octanol–water partition coefficient (Wildman–Crippen LogP) is 7.35. The Balaban J connectivity index is 1.30. The van der Waals surface area contributed by atoms with E-state index in [-0.39, 0.29) is 11.8 Å². The van der Waals surface area contributed by atoms with Crippen molar-refractivity contribution in [1.29, 1.82) is 0 Å². The first-order valence-corrected chi connectivity index (χ1v) is 11.9. The van der Waals surface area contributed by atoms with E-state index in [1.807, 2.05) is 37.3 Å². The normalized spacial score (nSPS) is 10.9. The lowest BCUT2D eigenvalue weighted by Gasteiger charge is -2.08. The number of aryl methyl sites for hydroxylation is 1. The number of H-pyrrole nitrogens is 1. The third-order valence-electron chi connectivity index (χ3n) is 5.63. The lowest BCUT2D eigenvalue weighted by atomic mass is 10.1. The lowest BCUT2D eigenvalue weighted by Crippen LogP contribution is -2.12. The molecule has 4 aromatic carbocycles. The predicted molar refractivity (Wildman–Crippen MR) is 145 cm³/mol. The summed E-state index contributed by atoms with van der Waals surface area (Å²) >= 11 is 12.1. The number of carbonyl (C=O) groups is 2. The number of hydrogen-bond acceptors (Lipinski definition) is 3. The van der Waals surface area contributed by atoms with Crippen LogP contribution in [-0.2, 0) is 0 Å². The number of nitrogens with zero attached hydrogens (tertiary/aromatic N) is 1. The zero-order valence-corrected chi connectivity index (χ0v) is 20.6. The largest absolute Gasteiger partial charge is 0.338 e. The van der Waals surface area contributed by atoms with E-state index in [1.54, 1.807) is 54.6 Å². The second kappa shape index (κ2) is 9.85. The molecule has 0 bridgehead atoms. The van der Waals surface area contributed by atoms with Crippen molar-refractivity contribution in [3.63, 3.8) is 0 Å². The molecule has 178 valence electrons. The lowest BCUT2D eigenvalue weighted by molar-refractivity contribution is 0.101. The summed E-state index contributed by atoms with van der Waals surface area (Å²) in [6.07, 6.45) is 0. The molecule has 0 radical (unpaired) electrons. The highest BCUT2D eigenvalue weighted by Gasteiger charge is 2.12. The molecule has 0 saturated carbocycles. The summed E-state index contributed by atoms with van der Waals surface area (Å²) in [5, 5.41) is 6.74. The van der Waals surface area contributed by atoms with E-state index in [2.05, 4.69) is 20.6 Å². The molecule has 0 aliphatic rings. The molecule has 5 rings (SSSR count). The van der Waals surface area contributed by atoms with E-state index in [0.29, 0.717) is 38.4 Å². The van der Waals surface area contributed by atoms with Crippen LogP contribution in [0.1, 0.15) is 26.3 Å². The summed E-state index contributed by atoms with van der Waals surface area (Å²) in [6, 6.07) is 24.8. The van der Waals surface area contributed by atoms with Crippen molar-refractivity contribution in [2.75, 3.05) is 10.6 Å². The van der Waals surface area contributed by atoms with E-state index < -0.39 is 0 Å². The van der Waals surface area contributed by atoms with Crippen LogP contribution in [0.4, 0.5) is 11.4 Å². The maximum absolute atomic E-state index is 12.6. The number of anilines is 2. The monoisotopic (exact) mass is 514 g/mol. The minimum absolute atomic E-state index is 0.227. The molecule has 0 saturated heterocycles. The van der Waals surface area contributed by atoms with Crippen molar-refractivity contribution < 1.29 is 9.59 Å². The molecule has 0 atom stereocenters. The van der Waals surface area contributed by atoms with Gasteiger partial charge < -0.3 is 15.6 Å². The maximum atomic E-state index is 12.6. The average Bonchev–Trinajstić information content (AvgIpc) is 3.28. The van der Waals surface area contributed by atoms with Gasteiger partial charge in [0, 0.05) is 27.5 Å². The van der Waals surface area contributed by atoms with Crippen LogP contribution in [0.15, 0.2) is 84.9 Å². The third-order valence-corrected chi connectivity index (χ3v) is 6.20. The van der Waals surface area contributed by atoms with Gasteiger partial charge in [-0.1, -0.05) is 29.3 Å². The zero-order valence-electron chi connectivity index (χ0n) is 19.1. The molecular formula is C28H20Cl2N4O2. The smallest absolute Gasteiger partial charge is 0.257 e. The SMILES string of the molecule is Cc1ccc(C(=O)Nc2ccc(-c3nc4ccc(NC(=O)c5ccc(Cl)cc5)cc4[nH]3)cc2)c(Cl)c1. The van der Waals surface area contributed by atoms with Gasteiger partial charge in [-0.3, -0.25) is 9.59 Å². The van der Waals surface area contributed by atoms with E-state index in [9.17, 15) is 9.59 Å². The molecule has 0 fully saturated rings. The number of amides is 2. The molecule has 0 aliphatic heterocycles. The minimum atomic E-state index is -0.273. The second-order valence-corrected chi connectivity index (χ2v) is 9.14. The van der Waals surface area contributed by atoms with Crippen molar-refractivity contribution in [3.05, 3.63) is 112 Å². The van der Waals surface area contributed by atoms with Crippen LogP contribution in [-0.4, -0.2) is 21.8 Å². The fourth-order valence-electron chi connectivity index (χ4n) is 3.74. The zero-order chi connectivity index (χ0) is 25.2. The van der Waals surface area contributed by atoms with Crippen LogP contribution < -0.4 is 10.6 Å².